The highest BCUT2D eigenvalue weighted by molar-refractivity contribution is 7.56. The zero-order valence-electron chi connectivity index (χ0n) is 13.9. The van der Waals surface area contributed by atoms with Crippen molar-refractivity contribution >= 4 is 19.2 Å². The monoisotopic (exact) mass is 354 g/mol. The maximum atomic E-state index is 6.01. The number of benzene rings is 2. The van der Waals surface area contributed by atoms with Crippen LogP contribution in [-0.4, -0.2) is 26.4 Å². The molecule has 4 aliphatic heterocycles. The molecule has 6 rings (SSSR count). The van der Waals surface area contributed by atoms with Gasteiger partial charge in [-0.25, -0.2) is 0 Å². The van der Waals surface area contributed by atoms with Crippen LogP contribution in [0, 0.1) is 0 Å². The molecular weight excluding hydrogens is 335 g/mol. The van der Waals surface area contributed by atoms with Gasteiger partial charge in [-0.3, -0.25) is 0 Å². The Morgan fingerprint density at radius 2 is 0.840 bits per heavy atom. The van der Waals surface area contributed by atoms with Crippen LogP contribution in [0.3, 0.4) is 0 Å². The van der Waals surface area contributed by atoms with Gasteiger partial charge in [-0.05, 0) is 43.0 Å². The molecular formula is C20H19O4P. The van der Waals surface area contributed by atoms with Crippen molar-refractivity contribution in [3.05, 3.63) is 34.4 Å². The van der Waals surface area contributed by atoms with Crippen molar-refractivity contribution in [2.45, 2.75) is 25.7 Å². The number of hydrogen-bond acceptors (Lipinski definition) is 4. The molecule has 0 atom stereocenters. The normalized spacial score (nSPS) is 18.6. The Hall–Kier alpha value is -1.93. The maximum absolute atomic E-state index is 6.01. The van der Waals surface area contributed by atoms with Gasteiger partial charge in [0.2, 0.25) is 0 Å². The van der Waals surface area contributed by atoms with Crippen molar-refractivity contribution < 1.29 is 18.9 Å². The highest BCUT2D eigenvalue weighted by Crippen LogP contribution is 2.44. The van der Waals surface area contributed by atoms with E-state index in [2.05, 4.69) is 12.1 Å². The summed E-state index contributed by atoms with van der Waals surface area (Å²) in [6.45, 7) is 3.09. The van der Waals surface area contributed by atoms with Crippen molar-refractivity contribution in [2.24, 2.45) is 0 Å². The molecule has 0 fully saturated rings. The third kappa shape index (κ3) is 2.04. The van der Waals surface area contributed by atoms with Crippen molar-refractivity contribution in [2.75, 3.05) is 26.4 Å². The van der Waals surface area contributed by atoms with Crippen molar-refractivity contribution in [3.8, 4) is 23.0 Å². The van der Waals surface area contributed by atoms with Crippen LogP contribution in [0.4, 0.5) is 0 Å². The van der Waals surface area contributed by atoms with Crippen LogP contribution in [0.2, 0.25) is 0 Å². The van der Waals surface area contributed by atoms with Gasteiger partial charge in [0.1, 0.15) is 23.0 Å². The van der Waals surface area contributed by atoms with Gasteiger partial charge in [0.25, 0.3) is 0 Å². The number of hydrogen-bond donors (Lipinski definition) is 0. The summed E-state index contributed by atoms with van der Waals surface area (Å²) >= 11 is 0. The molecule has 0 aromatic heterocycles. The zero-order chi connectivity index (χ0) is 16.4. The molecule has 2 aromatic carbocycles. The summed E-state index contributed by atoms with van der Waals surface area (Å²) in [5.74, 6) is 4.17. The summed E-state index contributed by atoms with van der Waals surface area (Å²) in [5.41, 5.74) is 5.33. The first kappa shape index (κ1) is 14.3. The lowest BCUT2D eigenvalue weighted by molar-refractivity contribution is 0.346. The molecule has 0 spiro atoms. The van der Waals surface area contributed by atoms with Gasteiger partial charge >= 0.3 is 0 Å². The molecule has 4 nitrogen and oxygen atoms in total. The first-order valence-corrected chi connectivity index (χ1v) is 10.0. The molecule has 0 unspecified atom stereocenters. The van der Waals surface area contributed by atoms with E-state index in [0.29, 0.717) is 8.58 Å². The van der Waals surface area contributed by atoms with Crippen LogP contribution in [0.1, 0.15) is 22.3 Å². The van der Waals surface area contributed by atoms with E-state index in [1.165, 1.54) is 32.9 Å². The van der Waals surface area contributed by atoms with Crippen molar-refractivity contribution in [1.82, 2.24) is 0 Å². The van der Waals surface area contributed by atoms with E-state index in [1.807, 2.05) is 0 Å². The summed E-state index contributed by atoms with van der Waals surface area (Å²) in [7, 11) is 0.445. The van der Waals surface area contributed by atoms with E-state index in [9.17, 15) is 0 Å². The van der Waals surface area contributed by atoms with Gasteiger partial charge in [0.05, 0.1) is 37.0 Å². The molecule has 128 valence electrons. The SMILES string of the molecule is c1c2c(c(Pc3c4c(cc5c3OCC5)CCO4)c3c1CCO3)OCC2. The molecule has 5 heteroatoms. The highest BCUT2D eigenvalue weighted by atomic mass is 31.1. The van der Waals surface area contributed by atoms with Gasteiger partial charge in [-0.1, -0.05) is 0 Å². The Bertz CT molecular complexity index is 768. The number of rotatable bonds is 2. The van der Waals surface area contributed by atoms with Gasteiger partial charge < -0.3 is 18.9 Å². The van der Waals surface area contributed by atoms with Crippen LogP contribution in [-0.2, 0) is 25.7 Å². The lowest BCUT2D eigenvalue weighted by atomic mass is 10.1. The topological polar surface area (TPSA) is 36.9 Å². The lowest BCUT2D eigenvalue weighted by Crippen LogP contribution is -2.13. The fourth-order valence-electron chi connectivity index (χ4n) is 4.34. The second-order valence-electron chi connectivity index (χ2n) is 6.97. The molecule has 2 aromatic rings. The maximum Gasteiger partial charge on any atom is 0.134 e. The fraction of sp³-hybridized carbons (Fsp3) is 0.400. The molecule has 4 heterocycles. The second kappa shape index (κ2) is 5.28. The van der Waals surface area contributed by atoms with Crippen LogP contribution in [0.5, 0.6) is 23.0 Å². The van der Waals surface area contributed by atoms with E-state index in [1.54, 1.807) is 0 Å². The first-order valence-electron chi connectivity index (χ1n) is 9.04. The predicted octanol–water partition coefficient (Wildman–Crippen LogP) is 2.06. The summed E-state index contributed by atoms with van der Waals surface area (Å²) < 4.78 is 24.0. The summed E-state index contributed by atoms with van der Waals surface area (Å²) in [6, 6.07) is 4.57. The number of ether oxygens (including phenoxy) is 4. The van der Waals surface area contributed by atoms with Crippen LogP contribution in [0.25, 0.3) is 0 Å². The Morgan fingerprint density at radius 3 is 1.16 bits per heavy atom. The highest BCUT2D eigenvalue weighted by Gasteiger charge is 2.32. The average Bonchev–Trinajstić information content (AvgIpc) is 3.39. The first-order chi connectivity index (χ1) is 12.4. The molecule has 25 heavy (non-hydrogen) atoms. The Labute approximate surface area is 148 Å². The molecule has 0 bridgehead atoms. The summed E-state index contributed by atoms with van der Waals surface area (Å²) in [6.07, 6.45) is 3.99. The van der Waals surface area contributed by atoms with E-state index in [0.717, 1.165) is 75.1 Å². The minimum absolute atomic E-state index is 0.445. The standard InChI is InChI=1S/C20H19O4P/c1-5-21-15-11(1)9-12-2-6-22-16(12)19(15)25-20-17-13(3-7-23-17)10-14-4-8-24-18(14)20/h9-10,25H,1-8H2. The molecule has 0 N–H and O–H groups in total. The van der Waals surface area contributed by atoms with Gasteiger partial charge in [-0.2, -0.15) is 0 Å². The van der Waals surface area contributed by atoms with Gasteiger partial charge in [-0.15, -0.1) is 0 Å². The van der Waals surface area contributed by atoms with Gasteiger partial charge in [0.15, 0.2) is 0 Å². The van der Waals surface area contributed by atoms with Crippen molar-refractivity contribution in [3.63, 3.8) is 0 Å². The minimum atomic E-state index is 0.445. The van der Waals surface area contributed by atoms with E-state index >= 15 is 0 Å². The molecule has 0 saturated carbocycles. The smallest absolute Gasteiger partial charge is 0.134 e. The summed E-state index contributed by atoms with van der Waals surface area (Å²) in [5, 5.41) is 2.42. The van der Waals surface area contributed by atoms with Crippen LogP contribution < -0.4 is 29.6 Å². The third-order valence-electron chi connectivity index (χ3n) is 5.49. The van der Waals surface area contributed by atoms with E-state index in [-0.39, 0.29) is 0 Å². The minimum Gasteiger partial charge on any atom is -0.492 e. The molecule has 0 radical (unpaired) electrons. The zero-order valence-corrected chi connectivity index (χ0v) is 14.9. The summed E-state index contributed by atoms with van der Waals surface area (Å²) in [4.78, 5) is 0. The van der Waals surface area contributed by atoms with Crippen molar-refractivity contribution in [1.29, 1.82) is 0 Å². The lowest BCUT2D eigenvalue weighted by Gasteiger charge is -2.17. The molecule has 0 saturated heterocycles. The third-order valence-corrected chi connectivity index (χ3v) is 6.90. The van der Waals surface area contributed by atoms with Gasteiger partial charge in [0, 0.05) is 25.7 Å². The largest absolute Gasteiger partial charge is 0.492 e. The van der Waals surface area contributed by atoms with E-state index < -0.39 is 0 Å². The molecule has 4 aliphatic rings. The molecule has 0 aliphatic carbocycles. The number of fused-ring (bicyclic) bond motifs is 4. The predicted molar refractivity (Wildman–Crippen MR) is 97.3 cm³/mol. The molecule has 0 amide bonds. The van der Waals surface area contributed by atoms with E-state index in [4.69, 9.17) is 18.9 Å². The average molecular weight is 354 g/mol. The fourth-order valence-corrected chi connectivity index (χ4v) is 5.97. The Balaban J connectivity index is 1.54. The Kier molecular flexibility index (Phi) is 3.01. The quantitative estimate of drug-likeness (QED) is 0.774. The second-order valence-corrected chi connectivity index (χ2v) is 8.22. The van der Waals surface area contributed by atoms with Crippen LogP contribution in [0.15, 0.2) is 12.1 Å². The Morgan fingerprint density at radius 1 is 0.520 bits per heavy atom. The van der Waals surface area contributed by atoms with Crippen LogP contribution >= 0.6 is 8.58 Å².